The molecule has 0 aliphatic heterocycles. The quantitative estimate of drug-likeness (QED) is 0.124. The summed E-state index contributed by atoms with van der Waals surface area (Å²) >= 11 is 0. The van der Waals surface area contributed by atoms with Gasteiger partial charge in [-0.25, -0.2) is 0 Å². The highest BCUT2D eigenvalue weighted by Crippen LogP contribution is 2.37. The summed E-state index contributed by atoms with van der Waals surface area (Å²) in [6, 6.07) is 16.2. The van der Waals surface area contributed by atoms with Crippen LogP contribution in [0.25, 0.3) is 0 Å². The Balaban J connectivity index is 1.39. The van der Waals surface area contributed by atoms with Gasteiger partial charge in [-0.2, -0.15) is 26.3 Å². The Morgan fingerprint density at radius 2 is 0.814 bits per heavy atom. The zero-order chi connectivity index (χ0) is 31.5. The first kappa shape index (κ1) is 30.4. The van der Waals surface area contributed by atoms with E-state index in [1.165, 1.54) is 60.7 Å². The predicted octanol–water partition coefficient (Wildman–Crippen LogP) is 6.65. The maximum Gasteiger partial charge on any atom is 0.418 e. The second-order valence-corrected chi connectivity index (χ2v) is 9.12. The van der Waals surface area contributed by atoms with Gasteiger partial charge in [-0.05, 0) is 84.9 Å². The average Bonchev–Trinajstić information content (AvgIpc) is 2.94. The number of carbonyl (C=O) groups excluding carboxylic acids is 3. The number of nitrogen functional groups attached to an aromatic ring is 2. The van der Waals surface area contributed by atoms with Crippen LogP contribution in [0.4, 0.5) is 54.8 Å². The number of benzene rings is 4. The van der Waals surface area contributed by atoms with E-state index in [0.717, 1.165) is 12.1 Å². The van der Waals surface area contributed by atoms with E-state index in [1.807, 2.05) is 0 Å². The number of carbonyl (C=O) groups is 3. The SMILES string of the molecule is Nc1ccc(NC(=O)c2ccc(NC(=O)c3ccc(C(=O)Nc4ccc(N)cc4C(F)(F)F)cc3)cc2)c(C(F)(F)F)c1. The number of alkyl halides is 6. The highest BCUT2D eigenvalue weighted by atomic mass is 19.4. The van der Waals surface area contributed by atoms with Crippen LogP contribution in [0, 0.1) is 0 Å². The molecule has 4 rings (SSSR count). The van der Waals surface area contributed by atoms with Gasteiger partial charge < -0.3 is 27.4 Å². The van der Waals surface area contributed by atoms with E-state index in [2.05, 4.69) is 16.0 Å². The molecule has 0 atom stereocenters. The van der Waals surface area contributed by atoms with Crippen molar-refractivity contribution >= 4 is 46.2 Å². The number of nitrogens with one attached hydrogen (secondary N) is 3. The topological polar surface area (TPSA) is 139 Å². The zero-order valence-corrected chi connectivity index (χ0v) is 21.7. The minimum Gasteiger partial charge on any atom is -0.399 e. The van der Waals surface area contributed by atoms with E-state index >= 15 is 0 Å². The number of nitrogens with two attached hydrogens (primary N) is 2. The van der Waals surface area contributed by atoms with Crippen LogP contribution in [0.5, 0.6) is 0 Å². The van der Waals surface area contributed by atoms with E-state index in [0.29, 0.717) is 12.1 Å². The Kier molecular flexibility index (Phi) is 8.32. The van der Waals surface area contributed by atoms with Gasteiger partial charge in [-0.3, -0.25) is 14.4 Å². The molecule has 0 aliphatic carbocycles. The molecule has 8 nitrogen and oxygen atoms in total. The molecule has 0 heterocycles. The van der Waals surface area contributed by atoms with Crippen molar-refractivity contribution in [3.63, 3.8) is 0 Å². The highest BCUT2D eigenvalue weighted by molar-refractivity contribution is 6.08. The Morgan fingerprint density at radius 1 is 0.488 bits per heavy atom. The number of hydrogen-bond acceptors (Lipinski definition) is 5. The maximum atomic E-state index is 13.3. The van der Waals surface area contributed by atoms with Crippen molar-refractivity contribution in [2.75, 3.05) is 27.4 Å². The minimum atomic E-state index is -4.75. The summed E-state index contributed by atoms with van der Waals surface area (Å²) < 4.78 is 79.8. The van der Waals surface area contributed by atoms with Crippen molar-refractivity contribution in [3.8, 4) is 0 Å². The van der Waals surface area contributed by atoms with Gasteiger partial charge in [0.2, 0.25) is 0 Å². The first-order valence-electron chi connectivity index (χ1n) is 12.2. The van der Waals surface area contributed by atoms with Crippen molar-refractivity contribution in [1.82, 2.24) is 0 Å². The molecular formula is C29H21F6N5O3. The fraction of sp³-hybridized carbons (Fsp3) is 0.0690. The Morgan fingerprint density at radius 3 is 1.16 bits per heavy atom. The van der Waals surface area contributed by atoms with Crippen LogP contribution in [-0.2, 0) is 12.4 Å². The van der Waals surface area contributed by atoms with Gasteiger partial charge in [0, 0.05) is 33.8 Å². The summed E-state index contributed by atoms with van der Waals surface area (Å²) in [5.74, 6) is -2.29. The third-order valence-corrected chi connectivity index (χ3v) is 6.01. The third-order valence-electron chi connectivity index (χ3n) is 6.01. The number of halogens is 6. The molecule has 14 heteroatoms. The molecule has 0 bridgehead atoms. The van der Waals surface area contributed by atoms with Gasteiger partial charge in [0.25, 0.3) is 17.7 Å². The monoisotopic (exact) mass is 601 g/mol. The predicted molar refractivity (Wildman–Crippen MR) is 148 cm³/mol. The summed E-state index contributed by atoms with van der Waals surface area (Å²) in [6.07, 6.45) is -9.50. The molecule has 0 aromatic heterocycles. The van der Waals surface area contributed by atoms with E-state index in [1.54, 1.807) is 0 Å². The van der Waals surface area contributed by atoms with Crippen molar-refractivity contribution in [2.24, 2.45) is 0 Å². The van der Waals surface area contributed by atoms with Crippen molar-refractivity contribution in [1.29, 1.82) is 0 Å². The fourth-order valence-corrected chi connectivity index (χ4v) is 3.88. The summed E-state index contributed by atoms with van der Waals surface area (Å²) in [5, 5.41) is 6.93. The lowest BCUT2D eigenvalue weighted by Gasteiger charge is -2.15. The summed E-state index contributed by atoms with van der Waals surface area (Å²) in [6.45, 7) is 0. The van der Waals surface area contributed by atoms with Crippen LogP contribution in [0.15, 0.2) is 84.9 Å². The van der Waals surface area contributed by atoms with Crippen molar-refractivity contribution in [2.45, 2.75) is 12.4 Å². The molecule has 0 aliphatic rings. The van der Waals surface area contributed by atoms with Gasteiger partial charge in [0.05, 0.1) is 22.5 Å². The second-order valence-electron chi connectivity index (χ2n) is 9.12. The molecular weight excluding hydrogens is 580 g/mol. The van der Waals surface area contributed by atoms with Gasteiger partial charge in [0.1, 0.15) is 0 Å². The van der Waals surface area contributed by atoms with Crippen LogP contribution in [0.1, 0.15) is 42.2 Å². The van der Waals surface area contributed by atoms with Crippen molar-refractivity contribution < 1.29 is 40.7 Å². The summed E-state index contributed by atoms with van der Waals surface area (Å²) in [4.78, 5) is 37.7. The van der Waals surface area contributed by atoms with Crippen LogP contribution in [0.2, 0.25) is 0 Å². The van der Waals surface area contributed by atoms with Crippen LogP contribution in [0.3, 0.4) is 0 Å². The number of amides is 3. The van der Waals surface area contributed by atoms with Gasteiger partial charge >= 0.3 is 12.4 Å². The average molecular weight is 602 g/mol. The molecule has 0 unspecified atom stereocenters. The van der Waals surface area contributed by atoms with Gasteiger partial charge in [-0.1, -0.05) is 0 Å². The molecule has 43 heavy (non-hydrogen) atoms. The molecule has 7 N–H and O–H groups in total. The Hall–Kier alpha value is -5.53. The molecule has 0 fully saturated rings. The molecule has 4 aromatic carbocycles. The van der Waals surface area contributed by atoms with Crippen LogP contribution in [-0.4, -0.2) is 17.7 Å². The van der Waals surface area contributed by atoms with E-state index in [9.17, 15) is 40.7 Å². The van der Waals surface area contributed by atoms with Gasteiger partial charge in [0.15, 0.2) is 0 Å². The first-order chi connectivity index (χ1) is 20.1. The molecule has 222 valence electrons. The van der Waals surface area contributed by atoms with Gasteiger partial charge in [-0.15, -0.1) is 0 Å². The normalized spacial score (nSPS) is 11.5. The molecule has 0 saturated carbocycles. The fourth-order valence-electron chi connectivity index (χ4n) is 3.88. The number of rotatable bonds is 6. The largest absolute Gasteiger partial charge is 0.418 e. The Labute approximate surface area is 239 Å². The number of hydrogen-bond donors (Lipinski definition) is 5. The molecule has 0 saturated heterocycles. The summed E-state index contributed by atoms with van der Waals surface area (Å²) in [5.41, 5.74) is 7.76. The minimum absolute atomic E-state index is 0.00750. The molecule has 0 spiro atoms. The smallest absolute Gasteiger partial charge is 0.399 e. The first-order valence-corrected chi connectivity index (χ1v) is 12.2. The van der Waals surface area contributed by atoms with Crippen LogP contribution < -0.4 is 27.4 Å². The Bertz CT molecular complexity index is 1690. The van der Waals surface area contributed by atoms with Crippen molar-refractivity contribution in [3.05, 3.63) is 113 Å². The highest BCUT2D eigenvalue weighted by Gasteiger charge is 2.35. The lowest BCUT2D eigenvalue weighted by atomic mass is 10.1. The molecule has 3 amide bonds. The maximum absolute atomic E-state index is 13.3. The molecule has 4 aromatic rings. The lowest BCUT2D eigenvalue weighted by molar-refractivity contribution is -0.137. The molecule has 0 radical (unpaired) electrons. The summed E-state index contributed by atoms with van der Waals surface area (Å²) in [7, 11) is 0. The van der Waals surface area contributed by atoms with E-state index < -0.39 is 52.6 Å². The number of anilines is 5. The van der Waals surface area contributed by atoms with E-state index in [-0.39, 0.29) is 33.8 Å². The van der Waals surface area contributed by atoms with Crippen LogP contribution >= 0.6 is 0 Å². The standard InChI is InChI=1S/C29H21F6N5O3/c30-28(31,32)21-13-18(36)7-11-23(21)39-26(42)16-3-1-15(2-4-16)25(41)38-20-9-5-17(6-10-20)27(43)40-24-12-8-19(37)14-22(24)29(33,34)35/h1-14H,36-37H2,(H,38,41)(H,39,42)(H,40,43). The zero-order valence-electron chi connectivity index (χ0n) is 21.7. The second kappa shape index (κ2) is 11.8. The lowest BCUT2D eigenvalue weighted by Crippen LogP contribution is -2.18. The third kappa shape index (κ3) is 7.41. The van der Waals surface area contributed by atoms with E-state index in [4.69, 9.17) is 11.5 Å².